The quantitative estimate of drug-likeness (QED) is 0.137. The first-order chi connectivity index (χ1) is 24.3. The zero-order chi connectivity index (χ0) is 38.7. The predicted octanol–water partition coefficient (Wildman–Crippen LogP) is -0.616. The standard InChI is InChI=1S/C34H50N6O10S2/c1-13-23-21(15(3)41)31(45)39(23)25(27(13)51-17-9-19(35-11-17)29(43)37(5)6)32(46)40-24(22(16(4)42)33(47)48)14(2)28(26(40)34(49)50)52-18-10-20(36-12-18)30(44)38(7)8/h13-24,35-36,41-42H,9-12H2,1-8H3,(H,47,48)(H,49,50)/t13-,14-,15-,16-,17+,18+,19+,20+,21-,22?,23-,24?/m1/s1. The predicted molar refractivity (Wildman–Crippen MR) is 192 cm³/mol. The first-order valence-electron chi connectivity index (χ1n) is 17.5. The molecule has 12 atom stereocenters. The number of nitrogens with zero attached hydrogens (tertiary/aromatic N) is 4. The van der Waals surface area contributed by atoms with Gasteiger partial charge in [-0.15, -0.1) is 23.5 Å². The molecule has 5 rings (SSSR count). The Kier molecular flexibility index (Phi) is 11.8. The van der Waals surface area contributed by atoms with E-state index in [1.165, 1.54) is 52.1 Å². The zero-order valence-electron chi connectivity index (χ0n) is 30.6. The maximum absolute atomic E-state index is 15.1. The van der Waals surface area contributed by atoms with Crippen LogP contribution < -0.4 is 10.6 Å². The topological polar surface area (TPSA) is 220 Å². The molecule has 6 N–H and O–H groups in total. The van der Waals surface area contributed by atoms with Crippen molar-refractivity contribution in [3.63, 3.8) is 0 Å². The average molecular weight is 767 g/mol. The largest absolute Gasteiger partial charge is 0.481 e. The molecule has 0 aromatic rings. The van der Waals surface area contributed by atoms with Crippen molar-refractivity contribution in [3.05, 3.63) is 21.2 Å². The Labute approximate surface area is 311 Å². The van der Waals surface area contributed by atoms with Gasteiger partial charge >= 0.3 is 11.9 Å². The molecular formula is C34H50N6O10S2. The van der Waals surface area contributed by atoms with Crippen molar-refractivity contribution < 1.29 is 49.2 Å². The van der Waals surface area contributed by atoms with Gasteiger partial charge in [-0.3, -0.25) is 28.9 Å². The number of likely N-dealkylation sites (N-methyl/N-ethyl adjacent to an activating group) is 2. The van der Waals surface area contributed by atoms with Crippen molar-refractivity contribution in [2.45, 2.75) is 87.4 Å². The van der Waals surface area contributed by atoms with Crippen molar-refractivity contribution >= 4 is 59.1 Å². The number of carbonyl (C=O) groups is 6. The Morgan fingerprint density at radius 2 is 1.29 bits per heavy atom. The van der Waals surface area contributed by atoms with E-state index in [0.717, 1.165) is 4.90 Å². The number of amides is 4. The monoisotopic (exact) mass is 766 g/mol. The number of aliphatic hydroxyl groups excluding tert-OH is 2. The number of fused-ring (bicyclic) bond motifs is 1. The Morgan fingerprint density at radius 1 is 0.808 bits per heavy atom. The molecule has 3 saturated heterocycles. The van der Waals surface area contributed by atoms with Gasteiger partial charge in [0, 0.05) is 73.4 Å². The van der Waals surface area contributed by atoms with Crippen LogP contribution in [0.1, 0.15) is 40.5 Å². The first kappa shape index (κ1) is 40.0. The van der Waals surface area contributed by atoms with Crippen LogP contribution in [0.2, 0.25) is 0 Å². The van der Waals surface area contributed by atoms with Gasteiger partial charge in [0.15, 0.2) is 0 Å². The molecule has 288 valence electrons. The van der Waals surface area contributed by atoms with Crippen molar-refractivity contribution in [2.75, 3.05) is 41.3 Å². The third-order valence-corrected chi connectivity index (χ3v) is 13.9. The van der Waals surface area contributed by atoms with Crippen LogP contribution in [0, 0.1) is 23.7 Å². The van der Waals surface area contributed by atoms with Crippen LogP contribution in [0.15, 0.2) is 21.2 Å². The molecule has 5 aliphatic rings. The molecule has 0 aromatic carbocycles. The molecule has 5 heterocycles. The molecule has 0 aromatic heterocycles. The van der Waals surface area contributed by atoms with Crippen molar-refractivity contribution in [1.82, 2.24) is 30.2 Å². The van der Waals surface area contributed by atoms with E-state index in [9.17, 15) is 44.4 Å². The highest BCUT2D eigenvalue weighted by Gasteiger charge is 2.62. The van der Waals surface area contributed by atoms with Gasteiger partial charge in [0.05, 0.1) is 42.3 Å². The van der Waals surface area contributed by atoms with Gasteiger partial charge in [-0.1, -0.05) is 13.8 Å². The summed E-state index contributed by atoms with van der Waals surface area (Å²) in [5, 5.41) is 48.5. The second-order valence-corrected chi connectivity index (χ2v) is 17.6. The lowest BCUT2D eigenvalue weighted by molar-refractivity contribution is -0.163. The molecule has 0 saturated carbocycles. The van der Waals surface area contributed by atoms with Gasteiger partial charge < -0.3 is 45.8 Å². The number of β-lactam (4-membered cyclic amide) rings is 1. The summed E-state index contributed by atoms with van der Waals surface area (Å²) in [5.74, 6) is -8.27. The van der Waals surface area contributed by atoms with Crippen molar-refractivity contribution in [1.29, 1.82) is 0 Å². The molecule has 0 radical (unpaired) electrons. The highest BCUT2D eigenvalue weighted by molar-refractivity contribution is 8.04. The van der Waals surface area contributed by atoms with Gasteiger partial charge in [0.25, 0.3) is 5.91 Å². The molecule has 0 bridgehead atoms. The zero-order valence-corrected chi connectivity index (χ0v) is 32.2. The highest BCUT2D eigenvalue weighted by atomic mass is 32.2. The number of hydrogen-bond donors (Lipinski definition) is 6. The van der Waals surface area contributed by atoms with Crippen LogP contribution >= 0.6 is 23.5 Å². The lowest BCUT2D eigenvalue weighted by Crippen LogP contribution is -2.64. The minimum Gasteiger partial charge on any atom is -0.481 e. The number of aliphatic hydroxyl groups is 2. The fourth-order valence-electron chi connectivity index (χ4n) is 8.32. The minimum atomic E-state index is -1.60. The van der Waals surface area contributed by atoms with Crippen LogP contribution in [-0.2, 0) is 28.8 Å². The number of hydrogen-bond acceptors (Lipinski definition) is 12. The van der Waals surface area contributed by atoms with E-state index in [1.54, 1.807) is 35.1 Å². The average Bonchev–Trinajstić information content (AvgIpc) is 3.82. The van der Waals surface area contributed by atoms with E-state index >= 15 is 4.79 Å². The van der Waals surface area contributed by atoms with Gasteiger partial charge in [-0.25, -0.2) is 4.79 Å². The smallest absolute Gasteiger partial charge is 0.353 e. The third-order valence-electron chi connectivity index (χ3n) is 10.8. The van der Waals surface area contributed by atoms with Gasteiger partial charge in [-0.05, 0) is 26.7 Å². The summed E-state index contributed by atoms with van der Waals surface area (Å²) in [4.78, 5) is 86.2. The summed E-state index contributed by atoms with van der Waals surface area (Å²) >= 11 is 2.50. The van der Waals surface area contributed by atoms with E-state index < -0.39 is 89.5 Å². The fraction of sp³-hybridized carbons (Fsp3) is 0.706. The number of aliphatic carboxylic acids is 2. The van der Waals surface area contributed by atoms with Crippen LogP contribution in [-0.4, -0.2) is 164 Å². The molecule has 0 spiro atoms. The summed E-state index contributed by atoms with van der Waals surface area (Å²) in [6.45, 7) is 7.01. The summed E-state index contributed by atoms with van der Waals surface area (Å²) in [6.07, 6.45) is -1.73. The summed E-state index contributed by atoms with van der Waals surface area (Å²) in [7, 11) is 6.59. The number of thioether (sulfide) groups is 2. The maximum Gasteiger partial charge on any atom is 0.353 e. The molecule has 5 aliphatic heterocycles. The van der Waals surface area contributed by atoms with Gasteiger partial charge in [-0.2, -0.15) is 0 Å². The molecule has 16 nitrogen and oxygen atoms in total. The van der Waals surface area contributed by atoms with Crippen LogP contribution in [0.3, 0.4) is 0 Å². The van der Waals surface area contributed by atoms with E-state index in [0.29, 0.717) is 30.8 Å². The van der Waals surface area contributed by atoms with E-state index in [2.05, 4.69) is 10.6 Å². The van der Waals surface area contributed by atoms with Crippen LogP contribution in [0.25, 0.3) is 0 Å². The number of carboxylic acids is 2. The second kappa shape index (κ2) is 15.3. The van der Waals surface area contributed by atoms with Gasteiger partial charge in [0.1, 0.15) is 17.3 Å². The lowest BCUT2D eigenvalue weighted by atomic mass is 9.79. The van der Waals surface area contributed by atoms with Crippen molar-refractivity contribution in [2.24, 2.45) is 23.7 Å². The number of carbonyl (C=O) groups excluding carboxylic acids is 4. The fourth-order valence-corrected chi connectivity index (χ4v) is 11.3. The van der Waals surface area contributed by atoms with Crippen LogP contribution in [0.5, 0.6) is 0 Å². The highest BCUT2D eigenvalue weighted by Crippen LogP contribution is 2.54. The number of carboxylic acid groups (broad SMARTS) is 2. The third kappa shape index (κ3) is 6.97. The second-order valence-electron chi connectivity index (χ2n) is 14.9. The first-order valence-corrected chi connectivity index (χ1v) is 19.2. The number of nitrogens with one attached hydrogen (secondary N) is 2. The van der Waals surface area contributed by atoms with Gasteiger partial charge in [0.2, 0.25) is 17.7 Å². The summed E-state index contributed by atoms with van der Waals surface area (Å²) in [6, 6.07) is -2.92. The SMILES string of the molecule is C[C@@H](O)C(C(=O)O)C1[C@@H](C)C(S[C@@H]2CN[C@H](C(=O)N(C)C)C2)=C(C(=O)O)N1C(=O)C1=C(S[C@@H]2CN[C@H](C(=O)N(C)C)C2)[C@H](C)[C@@H]2[C@@H]([C@@H](C)O)C(=O)N12. The van der Waals surface area contributed by atoms with Crippen LogP contribution in [0.4, 0.5) is 0 Å². The minimum absolute atomic E-state index is 0.0807. The summed E-state index contributed by atoms with van der Waals surface area (Å²) < 4.78 is 0. The lowest BCUT2D eigenvalue weighted by Gasteiger charge is -2.47. The normalized spacial score (nSPS) is 33.2. The Balaban J connectivity index is 1.60. The van der Waals surface area contributed by atoms with E-state index in [4.69, 9.17) is 0 Å². The summed E-state index contributed by atoms with van der Waals surface area (Å²) in [5.41, 5.74) is -0.517. The Morgan fingerprint density at radius 3 is 1.69 bits per heavy atom. The van der Waals surface area contributed by atoms with E-state index in [1.807, 2.05) is 6.92 Å². The maximum atomic E-state index is 15.1. The van der Waals surface area contributed by atoms with E-state index in [-0.39, 0.29) is 32.9 Å². The molecule has 18 heteroatoms. The molecule has 52 heavy (non-hydrogen) atoms. The molecule has 0 aliphatic carbocycles. The molecule has 4 amide bonds. The molecule has 3 fully saturated rings. The number of rotatable bonds is 12. The molecule has 2 unspecified atom stereocenters. The van der Waals surface area contributed by atoms with Crippen molar-refractivity contribution in [3.8, 4) is 0 Å². The molecular weight excluding hydrogens is 717 g/mol. The Hall–Kier alpha value is -3.16. The Bertz CT molecular complexity index is 1580.